The van der Waals surface area contributed by atoms with Gasteiger partial charge in [-0.05, 0) is 51.5 Å². The zero-order chi connectivity index (χ0) is 27.4. The quantitative estimate of drug-likeness (QED) is 0.469. The molecule has 2 aromatic rings. The van der Waals surface area contributed by atoms with E-state index in [1.165, 1.54) is 25.1 Å². The number of hydrogen-bond acceptors (Lipinski definition) is 4. The molecular weight excluding hydrogens is 507 g/mol. The van der Waals surface area contributed by atoms with E-state index in [1.807, 2.05) is 0 Å². The molecule has 2 saturated carbocycles. The summed E-state index contributed by atoms with van der Waals surface area (Å²) >= 11 is 0. The lowest BCUT2D eigenvalue weighted by Crippen LogP contribution is -2.38. The zero-order valence-electron chi connectivity index (χ0n) is 21.2. The van der Waals surface area contributed by atoms with Crippen molar-refractivity contribution in [1.29, 1.82) is 0 Å². The van der Waals surface area contributed by atoms with Crippen molar-refractivity contribution in [2.45, 2.75) is 63.1 Å². The van der Waals surface area contributed by atoms with Gasteiger partial charge in [0.15, 0.2) is 0 Å². The van der Waals surface area contributed by atoms with E-state index in [1.54, 1.807) is 0 Å². The number of carbonyl (C=O) groups excluding carboxylic acids is 1. The molecule has 38 heavy (non-hydrogen) atoms. The molecule has 1 aromatic heterocycles. The molecule has 2 aliphatic carbocycles. The van der Waals surface area contributed by atoms with Gasteiger partial charge in [-0.3, -0.25) is 9.59 Å². The van der Waals surface area contributed by atoms with Crippen LogP contribution in [-0.4, -0.2) is 48.0 Å². The molecule has 0 bridgehead atoms. The van der Waals surface area contributed by atoms with Gasteiger partial charge in [0, 0.05) is 37.0 Å². The molecule has 0 unspecified atom stereocenters. The van der Waals surface area contributed by atoms with Crippen LogP contribution in [0, 0.1) is 17.7 Å². The maximum Gasteiger partial charge on any atom is 0.266 e. The summed E-state index contributed by atoms with van der Waals surface area (Å²) in [6.07, 6.45) is -2.73. The molecule has 2 N–H and O–H groups in total. The Morgan fingerprint density at radius 3 is 2.29 bits per heavy atom. The summed E-state index contributed by atoms with van der Waals surface area (Å²) in [5.41, 5.74) is -2.99. The van der Waals surface area contributed by atoms with Crippen molar-refractivity contribution in [1.82, 2.24) is 14.8 Å². The minimum atomic E-state index is -3.02. The first kappa shape index (κ1) is 26.6. The smallest absolute Gasteiger partial charge is 0.266 e. The van der Waals surface area contributed by atoms with E-state index in [0.717, 1.165) is 42.8 Å². The third-order valence-electron chi connectivity index (χ3n) is 8.35. The fourth-order valence-electron chi connectivity index (χ4n) is 6.17. The van der Waals surface area contributed by atoms with Crippen LogP contribution >= 0.6 is 0 Å². The number of anilines is 1. The molecule has 6 nitrogen and oxygen atoms in total. The molecule has 2 heterocycles. The highest BCUT2D eigenvalue weighted by atomic mass is 19.3. The van der Waals surface area contributed by atoms with Gasteiger partial charge in [0.2, 0.25) is 0 Å². The molecule has 1 saturated heterocycles. The average molecular weight is 539 g/mol. The fourth-order valence-corrected chi connectivity index (χ4v) is 6.17. The molecule has 4 atom stereocenters. The fraction of sp³-hybridized carbons (Fsp3) is 0.556. The summed E-state index contributed by atoms with van der Waals surface area (Å²) in [6.45, 7) is 3.38. The van der Waals surface area contributed by atoms with E-state index in [0.29, 0.717) is 11.8 Å². The van der Waals surface area contributed by atoms with Gasteiger partial charge in [-0.25, -0.2) is 22.0 Å². The van der Waals surface area contributed by atoms with E-state index in [4.69, 9.17) is 0 Å². The summed E-state index contributed by atoms with van der Waals surface area (Å²) in [4.78, 5) is 28.7. The van der Waals surface area contributed by atoms with Crippen LogP contribution in [0.1, 0.15) is 66.6 Å². The normalized spacial score (nSPS) is 25.0. The maximum atomic E-state index is 14.7. The Bertz CT molecular complexity index is 1260. The van der Waals surface area contributed by atoms with Crippen molar-refractivity contribution >= 4 is 11.6 Å². The molecule has 0 spiro atoms. The number of benzene rings is 1. The van der Waals surface area contributed by atoms with Crippen LogP contribution in [0.15, 0.2) is 35.3 Å². The number of pyridine rings is 1. The third-order valence-corrected chi connectivity index (χ3v) is 8.35. The van der Waals surface area contributed by atoms with Crippen molar-refractivity contribution in [3.05, 3.63) is 63.3 Å². The molecule has 11 heteroatoms. The van der Waals surface area contributed by atoms with Gasteiger partial charge in [0.1, 0.15) is 11.4 Å². The second-order valence-electron chi connectivity index (χ2n) is 11.0. The Kier molecular flexibility index (Phi) is 7.00. The topological polar surface area (TPSA) is 66.4 Å². The van der Waals surface area contributed by atoms with Crippen molar-refractivity contribution in [2.24, 2.45) is 11.8 Å². The monoisotopic (exact) mass is 538 g/mol. The molecule has 206 valence electrons. The number of halogens is 5. The first-order valence-corrected chi connectivity index (χ1v) is 12.9. The molecular formula is C27H31F5N4O2. The zero-order valence-corrected chi connectivity index (χ0v) is 21.2. The molecule has 1 aliphatic heterocycles. The lowest BCUT2D eigenvalue weighted by molar-refractivity contribution is 0.0648. The van der Waals surface area contributed by atoms with Gasteiger partial charge in [-0.2, -0.15) is 0 Å². The number of aromatic nitrogens is 1. The Hall–Kier alpha value is -2.95. The number of hydrogen-bond donors (Lipinski definition) is 2. The van der Waals surface area contributed by atoms with Crippen LogP contribution in [0.2, 0.25) is 0 Å². The van der Waals surface area contributed by atoms with E-state index in [2.05, 4.69) is 22.6 Å². The van der Waals surface area contributed by atoms with E-state index >= 15 is 0 Å². The Labute approximate surface area is 217 Å². The molecule has 3 fully saturated rings. The van der Waals surface area contributed by atoms with Crippen molar-refractivity contribution in [3.8, 4) is 0 Å². The largest absolute Gasteiger partial charge is 0.381 e. The number of nitrogens with one attached hydrogen (secondary N) is 2. The summed E-state index contributed by atoms with van der Waals surface area (Å²) in [7, 11) is 2.07. The Balaban J connectivity index is 1.44. The van der Waals surface area contributed by atoms with E-state index in [-0.39, 0.29) is 35.7 Å². The first-order chi connectivity index (χ1) is 18.0. The minimum absolute atomic E-state index is 0.00285. The maximum absolute atomic E-state index is 14.7. The van der Waals surface area contributed by atoms with Crippen LogP contribution < -0.4 is 16.2 Å². The van der Waals surface area contributed by atoms with Crippen LogP contribution in [0.4, 0.5) is 27.6 Å². The van der Waals surface area contributed by atoms with Crippen LogP contribution in [-0.2, 0) is 5.54 Å². The predicted molar refractivity (Wildman–Crippen MR) is 132 cm³/mol. The van der Waals surface area contributed by atoms with Gasteiger partial charge < -0.3 is 20.1 Å². The number of alkyl halides is 4. The Morgan fingerprint density at radius 2 is 1.71 bits per heavy atom. The standard InChI is InChI=1S/C27H31F5N4O2/c1-14(18-4-3-5-19(23(18)28)24(29)30)33-25(38)20-13-36(27(6-7-27)26(31)32)22(37)10-21(20)34-17-8-15-11-35(2)12-16(15)9-17/h3-5,10,13-17,24,26,34H,6-9,11-12H2,1-2H3,(H,33,38)/t14-,15-,16+,17+/m1/s1. The SMILES string of the molecule is C[C@@H](NC(=O)c1cn(C2(C(F)F)CC2)c(=O)cc1N[C@H]1C[C@@H]2CN(C)C[C@@H]2C1)c1cccc(C(F)F)c1F. The highest BCUT2D eigenvalue weighted by molar-refractivity contribution is 5.99. The lowest BCUT2D eigenvalue weighted by atomic mass is 10.0. The summed E-state index contributed by atoms with van der Waals surface area (Å²) < 4.78 is 69.7. The van der Waals surface area contributed by atoms with Crippen LogP contribution in [0.25, 0.3) is 0 Å². The Morgan fingerprint density at radius 1 is 1.08 bits per heavy atom. The molecule has 0 radical (unpaired) electrons. The van der Waals surface area contributed by atoms with Crippen molar-refractivity contribution in [2.75, 3.05) is 25.5 Å². The average Bonchev–Trinajstić information content (AvgIpc) is 3.47. The van der Waals surface area contributed by atoms with Gasteiger partial charge in [-0.15, -0.1) is 0 Å². The minimum Gasteiger partial charge on any atom is -0.381 e. The number of rotatable bonds is 8. The van der Waals surface area contributed by atoms with Gasteiger partial charge in [0.25, 0.3) is 24.3 Å². The summed E-state index contributed by atoms with van der Waals surface area (Å²) in [6, 6.07) is 3.74. The van der Waals surface area contributed by atoms with E-state index < -0.39 is 47.3 Å². The number of amides is 1. The highest BCUT2D eigenvalue weighted by Crippen LogP contribution is 2.48. The molecule has 5 rings (SSSR count). The van der Waals surface area contributed by atoms with E-state index in [9.17, 15) is 31.5 Å². The number of likely N-dealkylation sites (tertiary alicyclic amines) is 1. The number of nitrogens with zero attached hydrogens (tertiary/aromatic N) is 2. The molecule has 1 aromatic carbocycles. The highest BCUT2D eigenvalue weighted by Gasteiger charge is 2.53. The van der Waals surface area contributed by atoms with Crippen LogP contribution in [0.5, 0.6) is 0 Å². The molecule has 3 aliphatic rings. The predicted octanol–water partition coefficient (Wildman–Crippen LogP) is 4.92. The van der Waals surface area contributed by atoms with Crippen LogP contribution in [0.3, 0.4) is 0 Å². The van der Waals surface area contributed by atoms with Gasteiger partial charge in [0.05, 0.1) is 22.9 Å². The van der Waals surface area contributed by atoms with Crippen molar-refractivity contribution < 1.29 is 26.7 Å². The van der Waals surface area contributed by atoms with Gasteiger partial charge >= 0.3 is 0 Å². The number of fused-ring (bicyclic) bond motifs is 1. The second-order valence-corrected chi connectivity index (χ2v) is 11.0. The third kappa shape index (κ3) is 4.81. The summed E-state index contributed by atoms with van der Waals surface area (Å²) in [5, 5.41) is 5.90. The van der Waals surface area contributed by atoms with Crippen molar-refractivity contribution in [3.63, 3.8) is 0 Å². The lowest BCUT2D eigenvalue weighted by Gasteiger charge is -2.24. The second kappa shape index (κ2) is 9.98. The molecule has 1 amide bonds. The van der Waals surface area contributed by atoms with Gasteiger partial charge in [-0.1, -0.05) is 18.2 Å². The first-order valence-electron chi connectivity index (χ1n) is 12.9. The summed E-state index contributed by atoms with van der Waals surface area (Å²) in [5.74, 6) is -0.850. The number of carbonyl (C=O) groups is 1.